The summed E-state index contributed by atoms with van der Waals surface area (Å²) in [6, 6.07) is 0. The molecule has 0 saturated heterocycles. The van der Waals surface area contributed by atoms with Gasteiger partial charge in [-0.15, -0.1) is 15.9 Å². The van der Waals surface area contributed by atoms with E-state index in [-0.39, 0.29) is 0 Å². The molecule has 0 saturated carbocycles. The van der Waals surface area contributed by atoms with Crippen molar-refractivity contribution in [1.82, 2.24) is 10.2 Å². The van der Waals surface area contributed by atoms with E-state index in [1.807, 2.05) is 44.2 Å². The summed E-state index contributed by atoms with van der Waals surface area (Å²) < 4.78 is 5.28. The lowest BCUT2D eigenvalue weighted by Crippen LogP contribution is -1.79. The molecule has 78 valence electrons. The van der Waals surface area contributed by atoms with E-state index in [1.54, 1.807) is 6.92 Å². The predicted molar refractivity (Wildman–Crippen MR) is 60.2 cm³/mol. The highest BCUT2D eigenvalue weighted by Gasteiger charge is 2.05. The van der Waals surface area contributed by atoms with Crippen LogP contribution in [0.5, 0.6) is 0 Å². The van der Waals surface area contributed by atoms with Gasteiger partial charge < -0.3 is 4.42 Å². The third-order valence-corrected chi connectivity index (χ3v) is 1.60. The van der Waals surface area contributed by atoms with E-state index < -0.39 is 0 Å². The van der Waals surface area contributed by atoms with Crippen LogP contribution in [0.2, 0.25) is 0 Å². The van der Waals surface area contributed by atoms with Gasteiger partial charge in [-0.1, -0.05) is 19.9 Å². The van der Waals surface area contributed by atoms with Gasteiger partial charge in [-0.05, 0) is 24.3 Å². The molecule has 0 unspecified atom stereocenters. The van der Waals surface area contributed by atoms with Crippen molar-refractivity contribution in [3.63, 3.8) is 0 Å². The summed E-state index contributed by atoms with van der Waals surface area (Å²) in [4.78, 5) is 0. The highest BCUT2D eigenvalue weighted by molar-refractivity contribution is 5.70. The smallest absolute Gasteiger partial charge is 0.247 e. The van der Waals surface area contributed by atoms with E-state index >= 15 is 0 Å². The lowest BCUT2D eigenvalue weighted by atomic mass is 10.2. The summed E-state index contributed by atoms with van der Waals surface area (Å²) in [5.74, 6) is 1.12. The molecule has 0 bridgehead atoms. The molecule has 0 fully saturated rings. The van der Waals surface area contributed by atoms with Crippen molar-refractivity contribution in [3.05, 3.63) is 47.9 Å². The molecule has 0 aromatic carbocycles. The minimum absolute atomic E-state index is 0.544. The van der Waals surface area contributed by atoms with Gasteiger partial charge in [-0.3, -0.25) is 0 Å². The number of aromatic nitrogens is 2. The molecule has 0 atom stereocenters. The van der Waals surface area contributed by atoms with Crippen LogP contribution in [0.4, 0.5) is 0 Å². The van der Waals surface area contributed by atoms with Crippen molar-refractivity contribution < 1.29 is 4.42 Å². The zero-order valence-electron chi connectivity index (χ0n) is 9.19. The molecule has 2 rings (SSSR count). The normalized spacial score (nSPS) is 12.9. The summed E-state index contributed by atoms with van der Waals surface area (Å²) in [5.41, 5.74) is 3.86. The SMILES string of the molecule is CC.Cc1nnc(C2=CC=C=CC=C2)o1. The number of aryl methyl sites for hydroxylation is 1. The molecule has 0 amide bonds. The Balaban J connectivity index is 0.000000531. The molecule has 15 heavy (non-hydrogen) atoms. The van der Waals surface area contributed by atoms with Gasteiger partial charge in [-0.2, -0.15) is 0 Å². The molecule has 1 aromatic rings. The van der Waals surface area contributed by atoms with Crippen molar-refractivity contribution in [1.29, 1.82) is 0 Å². The Hall–Kier alpha value is -1.86. The number of rotatable bonds is 1. The molecule has 1 aliphatic carbocycles. The molecule has 0 spiro atoms. The predicted octanol–water partition coefficient (Wildman–Crippen LogP) is 3.07. The third-order valence-electron chi connectivity index (χ3n) is 1.60. The highest BCUT2D eigenvalue weighted by Crippen LogP contribution is 2.15. The average Bonchev–Trinajstić information content (AvgIpc) is 2.57. The molecular formula is C12H14N2O. The van der Waals surface area contributed by atoms with Crippen LogP contribution in [0.3, 0.4) is 0 Å². The van der Waals surface area contributed by atoms with Crippen LogP contribution in [0, 0.1) is 6.92 Å². The first kappa shape index (κ1) is 11.2. The minimum atomic E-state index is 0.544. The topological polar surface area (TPSA) is 38.9 Å². The van der Waals surface area contributed by atoms with E-state index in [4.69, 9.17) is 4.42 Å². The monoisotopic (exact) mass is 202 g/mol. The van der Waals surface area contributed by atoms with Gasteiger partial charge in [0.25, 0.3) is 0 Å². The first-order valence-corrected chi connectivity index (χ1v) is 4.96. The van der Waals surface area contributed by atoms with Crippen LogP contribution in [0.15, 0.2) is 40.5 Å². The molecule has 0 aliphatic heterocycles. The maximum atomic E-state index is 5.28. The van der Waals surface area contributed by atoms with Gasteiger partial charge >= 0.3 is 0 Å². The molecule has 3 heteroatoms. The Morgan fingerprint density at radius 3 is 2.67 bits per heavy atom. The largest absolute Gasteiger partial charge is 0.421 e. The minimum Gasteiger partial charge on any atom is -0.421 e. The van der Waals surface area contributed by atoms with E-state index in [2.05, 4.69) is 15.9 Å². The summed E-state index contributed by atoms with van der Waals surface area (Å²) in [6.45, 7) is 5.77. The van der Waals surface area contributed by atoms with Crippen molar-refractivity contribution >= 4 is 5.57 Å². The maximum Gasteiger partial charge on any atom is 0.247 e. The fraction of sp³-hybridized carbons (Fsp3) is 0.250. The fourth-order valence-corrected chi connectivity index (χ4v) is 1.01. The van der Waals surface area contributed by atoms with Crippen molar-refractivity contribution in [2.45, 2.75) is 20.8 Å². The van der Waals surface area contributed by atoms with E-state index in [9.17, 15) is 0 Å². The first-order chi connectivity index (χ1) is 7.36. The van der Waals surface area contributed by atoms with Gasteiger partial charge in [0.15, 0.2) is 0 Å². The Morgan fingerprint density at radius 1 is 1.20 bits per heavy atom. The molecule has 1 aliphatic rings. The standard InChI is InChI=1S/C10H8N2O.C2H6/c1-8-11-12-10(13-8)9-6-4-2-3-5-7-9;1-2/h2,4-7H,1H3;1-2H3. The lowest BCUT2D eigenvalue weighted by Gasteiger charge is -1.90. The van der Waals surface area contributed by atoms with Gasteiger partial charge in [-0.25, -0.2) is 0 Å². The summed E-state index contributed by atoms with van der Waals surface area (Å²) in [5, 5.41) is 7.67. The van der Waals surface area contributed by atoms with Gasteiger partial charge in [0.05, 0.1) is 0 Å². The van der Waals surface area contributed by atoms with Crippen molar-refractivity contribution in [2.24, 2.45) is 0 Å². The van der Waals surface area contributed by atoms with Crippen LogP contribution < -0.4 is 0 Å². The fourth-order valence-electron chi connectivity index (χ4n) is 1.01. The van der Waals surface area contributed by atoms with Crippen LogP contribution in [0.1, 0.15) is 25.6 Å². The van der Waals surface area contributed by atoms with E-state index in [0.717, 1.165) is 5.57 Å². The Kier molecular flexibility index (Phi) is 4.32. The molecular weight excluding hydrogens is 188 g/mol. The Labute approximate surface area is 89.5 Å². The van der Waals surface area contributed by atoms with E-state index in [1.165, 1.54) is 0 Å². The van der Waals surface area contributed by atoms with Crippen LogP contribution in [-0.2, 0) is 0 Å². The summed E-state index contributed by atoms with van der Waals surface area (Å²) >= 11 is 0. The quantitative estimate of drug-likeness (QED) is 0.657. The van der Waals surface area contributed by atoms with Crippen molar-refractivity contribution in [3.8, 4) is 0 Å². The Morgan fingerprint density at radius 2 is 2.00 bits per heavy atom. The second-order valence-corrected chi connectivity index (χ2v) is 2.61. The number of nitrogens with zero attached hydrogens (tertiary/aromatic N) is 2. The molecule has 0 radical (unpaired) electrons. The highest BCUT2D eigenvalue weighted by atomic mass is 16.4. The summed E-state index contributed by atoms with van der Waals surface area (Å²) in [7, 11) is 0. The van der Waals surface area contributed by atoms with Crippen LogP contribution >= 0.6 is 0 Å². The van der Waals surface area contributed by atoms with Crippen molar-refractivity contribution in [2.75, 3.05) is 0 Å². The lowest BCUT2D eigenvalue weighted by molar-refractivity contribution is 0.507. The zero-order chi connectivity index (χ0) is 11.1. The zero-order valence-corrected chi connectivity index (χ0v) is 9.19. The van der Waals surface area contributed by atoms with Crippen LogP contribution in [0.25, 0.3) is 5.57 Å². The second-order valence-electron chi connectivity index (χ2n) is 2.61. The molecule has 1 heterocycles. The van der Waals surface area contributed by atoms with Gasteiger partial charge in [0.1, 0.15) is 0 Å². The summed E-state index contributed by atoms with van der Waals surface area (Å²) in [6.07, 6.45) is 9.31. The van der Waals surface area contributed by atoms with Gasteiger partial charge in [0, 0.05) is 12.5 Å². The second kappa shape index (κ2) is 5.78. The third kappa shape index (κ3) is 3.08. The van der Waals surface area contributed by atoms with Crippen LogP contribution in [-0.4, -0.2) is 10.2 Å². The molecule has 3 nitrogen and oxygen atoms in total. The van der Waals surface area contributed by atoms with Gasteiger partial charge in [0.2, 0.25) is 11.8 Å². The number of hydrogen-bond donors (Lipinski definition) is 0. The average molecular weight is 202 g/mol. The number of allylic oxidation sites excluding steroid dienone is 5. The number of hydrogen-bond acceptors (Lipinski definition) is 3. The molecule has 1 aromatic heterocycles. The maximum absolute atomic E-state index is 5.28. The molecule has 0 N–H and O–H groups in total. The van der Waals surface area contributed by atoms with E-state index in [0.29, 0.717) is 11.8 Å². The first-order valence-electron chi connectivity index (χ1n) is 4.96. The Bertz CT molecular complexity index is 432.